The first-order chi connectivity index (χ1) is 56.7. The lowest BCUT2D eigenvalue weighted by Crippen LogP contribution is -2.28. The zero-order chi connectivity index (χ0) is 76.5. The van der Waals surface area contributed by atoms with Crippen LogP contribution in [0.2, 0.25) is 0 Å². The van der Waals surface area contributed by atoms with E-state index in [2.05, 4.69) is 454 Å². The molecule has 542 valence electrons. The molecule has 2 unspecified atom stereocenters. The summed E-state index contributed by atoms with van der Waals surface area (Å²) in [7, 11) is 0. The Kier molecular flexibility index (Phi) is 15.7. The van der Waals surface area contributed by atoms with Gasteiger partial charge in [-0.2, -0.15) is 0 Å². The first-order valence-corrected chi connectivity index (χ1v) is 40.2. The van der Waals surface area contributed by atoms with E-state index in [0.717, 1.165) is 45.5 Å². The number of hydrogen-bond donors (Lipinski definition) is 1. The van der Waals surface area contributed by atoms with Crippen LogP contribution in [0.1, 0.15) is 83.5 Å². The molecule has 0 radical (unpaired) electrons. The van der Waals surface area contributed by atoms with Gasteiger partial charge in [-0.3, -0.25) is 0 Å². The van der Waals surface area contributed by atoms with Crippen LogP contribution in [0.15, 0.2) is 419 Å². The average Bonchev–Trinajstić information content (AvgIpc) is 1.58. The molecule has 3 nitrogen and oxygen atoms in total. The predicted octanol–water partition coefficient (Wildman–Crippen LogP) is 28.9. The molecule has 22 rings (SSSR count). The van der Waals surface area contributed by atoms with Crippen LogP contribution < -0.4 is 15.1 Å². The van der Waals surface area contributed by atoms with Crippen molar-refractivity contribution in [3.8, 4) is 44.5 Å². The van der Waals surface area contributed by atoms with Crippen LogP contribution in [0.4, 0.5) is 45.5 Å². The summed E-state index contributed by atoms with van der Waals surface area (Å²) in [4.78, 5) is 4.98. The molecule has 0 heterocycles. The molecular formula is C112H79N3. The highest BCUT2D eigenvalue weighted by molar-refractivity contribution is 6.28. The van der Waals surface area contributed by atoms with E-state index in [1.54, 1.807) is 0 Å². The third-order valence-electron chi connectivity index (χ3n) is 25.4. The van der Waals surface area contributed by atoms with Gasteiger partial charge in [0.05, 0.1) is 27.6 Å². The predicted molar refractivity (Wildman–Crippen MR) is 481 cm³/mol. The van der Waals surface area contributed by atoms with Crippen molar-refractivity contribution >= 4 is 77.8 Å². The Bertz CT molecular complexity index is 6980. The Morgan fingerprint density at radius 2 is 0.574 bits per heavy atom. The van der Waals surface area contributed by atoms with Crippen molar-refractivity contribution in [1.29, 1.82) is 0 Å². The number of fused-ring (bicyclic) bond motifs is 9. The lowest BCUT2D eigenvalue weighted by molar-refractivity contribution is 0.768. The van der Waals surface area contributed by atoms with Crippen LogP contribution in [0.25, 0.3) is 76.8 Å². The molecule has 0 aromatic heterocycles. The average molecular weight is 1470 g/mol. The van der Waals surface area contributed by atoms with Gasteiger partial charge in [0.2, 0.25) is 0 Å². The van der Waals surface area contributed by atoms with E-state index < -0.39 is 16.2 Å². The van der Waals surface area contributed by atoms with Crippen molar-refractivity contribution in [1.82, 2.24) is 0 Å². The number of benzene rings is 19. The Labute approximate surface area is 672 Å². The summed E-state index contributed by atoms with van der Waals surface area (Å²) in [5, 5.41) is 10.9. The molecule has 0 saturated heterocycles. The van der Waals surface area contributed by atoms with E-state index in [9.17, 15) is 0 Å². The van der Waals surface area contributed by atoms with E-state index in [0.29, 0.717) is 0 Å². The molecule has 19 aromatic rings. The molecule has 0 aliphatic heterocycles. The lowest BCUT2D eigenvalue weighted by Gasteiger charge is -2.35. The number of nitrogens with one attached hydrogen (secondary N) is 1. The summed E-state index contributed by atoms with van der Waals surface area (Å²) in [6, 6.07) is 158. The van der Waals surface area contributed by atoms with Gasteiger partial charge in [-0.15, -0.1) is 0 Å². The highest BCUT2D eigenvalue weighted by atomic mass is 15.2. The number of rotatable bonds is 15. The van der Waals surface area contributed by atoms with Crippen LogP contribution in [0.3, 0.4) is 0 Å². The fraction of sp³-hybridized carbons (Fsp3) is 0.0536. The number of anilines is 8. The lowest BCUT2D eigenvalue weighted by atomic mass is 9.67. The molecule has 2 atom stereocenters. The third-order valence-corrected chi connectivity index (χ3v) is 25.4. The summed E-state index contributed by atoms with van der Waals surface area (Å²) in [6.07, 6.45) is 0. The van der Waals surface area contributed by atoms with Crippen LogP contribution in [0, 0.1) is 20.8 Å². The van der Waals surface area contributed by atoms with Gasteiger partial charge in [-0.25, -0.2) is 0 Å². The SMILES string of the molecule is Cc1cccc(Nc2ccc(C3(c4ccccc4)c4ccccc4-c4cc(-c5cccc6c5-c5ccccc5C6(c5ccccc5)c5ccc(N(c6cccc(C)c6)c6ccc7ccc8c(N(c9ccc(C%10(c%11ccccc%11)c%11ccccc%11-c%11ccccc%11%10)cc9)c9cccc(C)c9)ccc9ccc6c7c98)cc5)ccc43)cc2)c1. The summed E-state index contributed by atoms with van der Waals surface area (Å²) in [5.74, 6) is 0. The summed E-state index contributed by atoms with van der Waals surface area (Å²) < 4.78 is 0. The van der Waals surface area contributed by atoms with Crippen LogP contribution in [-0.2, 0) is 16.2 Å². The second-order valence-corrected chi connectivity index (χ2v) is 31.6. The van der Waals surface area contributed by atoms with E-state index in [1.165, 1.54) is 160 Å². The number of nitrogens with zero attached hydrogens (tertiary/aromatic N) is 2. The van der Waals surface area contributed by atoms with Gasteiger partial charge in [0.15, 0.2) is 0 Å². The van der Waals surface area contributed by atoms with Crippen molar-refractivity contribution < 1.29 is 0 Å². The highest BCUT2D eigenvalue weighted by Crippen LogP contribution is 2.62. The van der Waals surface area contributed by atoms with Crippen molar-refractivity contribution in [2.24, 2.45) is 0 Å². The molecule has 115 heavy (non-hydrogen) atoms. The van der Waals surface area contributed by atoms with Crippen molar-refractivity contribution in [2.75, 3.05) is 15.1 Å². The number of hydrogen-bond acceptors (Lipinski definition) is 3. The van der Waals surface area contributed by atoms with Crippen LogP contribution in [0.5, 0.6) is 0 Å². The third kappa shape index (κ3) is 10.2. The van der Waals surface area contributed by atoms with Gasteiger partial charge in [-0.1, -0.05) is 328 Å². The summed E-state index contributed by atoms with van der Waals surface area (Å²) in [5.41, 5.74) is 35.6. The normalized spacial score (nSPS) is 15.2. The Morgan fingerprint density at radius 3 is 1.04 bits per heavy atom. The first-order valence-electron chi connectivity index (χ1n) is 40.2. The quantitative estimate of drug-likeness (QED) is 0.103. The maximum atomic E-state index is 3.69. The minimum Gasteiger partial charge on any atom is -0.356 e. The molecule has 3 heteroatoms. The Balaban J connectivity index is 0.670. The molecular weight excluding hydrogens is 1390 g/mol. The van der Waals surface area contributed by atoms with Gasteiger partial charge >= 0.3 is 0 Å². The van der Waals surface area contributed by atoms with Crippen LogP contribution >= 0.6 is 0 Å². The molecule has 3 aliphatic rings. The fourth-order valence-electron chi connectivity index (χ4n) is 20.6. The van der Waals surface area contributed by atoms with Crippen LogP contribution in [-0.4, -0.2) is 0 Å². The van der Waals surface area contributed by atoms with Crippen molar-refractivity contribution in [3.63, 3.8) is 0 Å². The largest absolute Gasteiger partial charge is 0.356 e. The van der Waals surface area contributed by atoms with E-state index in [1.807, 2.05) is 0 Å². The van der Waals surface area contributed by atoms with E-state index in [-0.39, 0.29) is 0 Å². The molecule has 1 N–H and O–H groups in total. The fourth-order valence-corrected chi connectivity index (χ4v) is 20.6. The second-order valence-electron chi connectivity index (χ2n) is 31.6. The zero-order valence-corrected chi connectivity index (χ0v) is 64.2. The molecule has 0 spiro atoms. The van der Waals surface area contributed by atoms with Gasteiger partial charge in [0, 0.05) is 44.9 Å². The minimum atomic E-state index is -0.681. The highest BCUT2D eigenvalue weighted by Gasteiger charge is 2.50. The zero-order valence-electron chi connectivity index (χ0n) is 64.2. The van der Waals surface area contributed by atoms with Gasteiger partial charge in [-0.05, 0) is 261 Å². The first kappa shape index (κ1) is 67.5. The second kappa shape index (κ2) is 26.7. The topological polar surface area (TPSA) is 18.5 Å². The molecule has 0 bridgehead atoms. The maximum absolute atomic E-state index is 3.69. The van der Waals surface area contributed by atoms with Gasteiger partial charge in [0.25, 0.3) is 0 Å². The molecule has 3 aliphatic carbocycles. The smallest absolute Gasteiger partial charge is 0.0713 e. The summed E-state index contributed by atoms with van der Waals surface area (Å²) >= 11 is 0. The van der Waals surface area contributed by atoms with E-state index in [4.69, 9.17) is 0 Å². The van der Waals surface area contributed by atoms with Gasteiger partial charge < -0.3 is 15.1 Å². The van der Waals surface area contributed by atoms with Gasteiger partial charge in [0.1, 0.15) is 0 Å². The Morgan fingerprint density at radius 1 is 0.217 bits per heavy atom. The molecule has 0 fully saturated rings. The molecule has 0 saturated carbocycles. The standard InChI is InChI=1S/C112H79N3/c1-73-25-21-34-86(69-73)113-85-58-52-82(53-59-85)111(80-30-9-5-10-31-80)101-44-19-15-39-94(101)98-72-78(49-66-103(98)111)91-41-24-46-104-109(91)95-40-16-20-45-102(95)112(104,81-32-11-6-12-33-81)84-56-62-88(63-57-84)115(90-36-23-27-75(3)71-90)106-68-51-77-47-64-96-105(67-50-76-48-65-97(106)108(77)107(76)96)114(89-35-22-26-74(2)70-89)87-60-54-83(55-61-87)110(79-28-7-4-8-29-79)99-42-17-13-37-92(99)93-38-14-18-43-100(93)110/h4-72,113H,1-3H3. The monoisotopic (exact) mass is 1470 g/mol. The van der Waals surface area contributed by atoms with Crippen molar-refractivity contribution in [2.45, 2.75) is 37.0 Å². The van der Waals surface area contributed by atoms with Crippen molar-refractivity contribution in [3.05, 3.63) is 502 Å². The summed E-state index contributed by atoms with van der Waals surface area (Å²) in [6.45, 7) is 6.54. The molecule has 19 aromatic carbocycles. The maximum Gasteiger partial charge on any atom is 0.0713 e. The van der Waals surface area contributed by atoms with E-state index >= 15 is 0 Å². The molecule has 0 amide bonds. The minimum absolute atomic E-state index is 0.513. The number of aryl methyl sites for hydroxylation is 3. The Hall–Kier alpha value is -14.4.